The van der Waals surface area contributed by atoms with Crippen LogP contribution in [0, 0.1) is 0 Å². The molecule has 0 spiro atoms. The van der Waals surface area contributed by atoms with Gasteiger partial charge in [0.05, 0.1) is 0 Å². The summed E-state index contributed by atoms with van der Waals surface area (Å²) in [4.78, 5) is 9.77. The lowest BCUT2D eigenvalue weighted by Gasteiger charge is -2.12. The van der Waals surface area contributed by atoms with Crippen LogP contribution < -0.4 is 5.73 Å². The molecule has 0 aromatic rings. The average molecular weight is 176 g/mol. The second-order valence-corrected chi connectivity index (χ2v) is 3.57. The zero-order valence-corrected chi connectivity index (χ0v) is 6.04. The zero-order chi connectivity index (χ0) is 6.78. The summed E-state index contributed by atoms with van der Waals surface area (Å²) < 4.78 is -1.66. The van der Waals surface area contributed by atoms with Crippen LogP contribution in [0.15, 0.2) is 0 Å². The topological polar surface area (TPSA) is 43.1 Å². The molecule has 8 heavy (non-hydrogen) atoms. The highest BCUT2D eigenvalue weighted by Crippen LogP contribution is 2.27. The van der Waals surface area contributed by atoms with Gasteiger partial charge in [-0.15, -0.1) is 0 Å². The molecule has 0 rings (SSSR count). The van der Waals surface area contributed by atoms with Crippen molar-refractivity contribution < 1.29 is 4.79 Å². The number of halogens is 3. The predicted octanol–water partition coefficient (Wildman–Crippen LogP) is 0.883. The first-order valence-electron chi connectivity index (χ1n) is 1.76. The predicted molar refractivity (Wildman–Crippen MR) is 34.3 cm³/mol. The summed E-state index contributed by atoms with van der Waals surface area (Å²) in [6.07, 6.45) is 0.382. The molecule has 1 atom stereocenters. The van der Waals surface area contributed by atoms with E-state index >= 15 is 0 Å². The smallest absolute Gasteiger partial charge is 0.212 e. The lowest BCUT2D eigenvalue weighted by Crippen LogP contribution is -2.35. The van der Waals surface area contributed by atoms with E-state index in [1.165, 1.54) is 0 Å². The van der Waals surface area contributed by atoms with Crippen molar-refractivity contribution in [1.29, 1.82) is 0 Å². The van der Waals surface area contributed by atoms with Gasteiger partial charge in [0.1, 0.15) is 12.3 Å². The number of nitrogens with two attached hydrogens (primary N) is 1. The lowest BCUT2D eigenvalue weighted by atomic mass is 10.4. The molecule has 0 saturated heterocycles. The Balaban J connectivity index is 3.80. The van der Waals surface area contributed by atoms with Gasteiger partial charge in [-0.05, 0) is 0 Å². The number of rotatable bonds is 1. The molecule has 5 heteroatoms. The van der Waals surface area contributed by atoms with Gasteiger partial charge in [0.25, 0.3) is 0 Å². The van der Waals surface area contributed by atoms with Crippen LogP contribution in [0.4, 0.5) is 0 Å². The first kappa shape index (κ1) is 8.50. The minimum Gasteiger partial charge on any atom is -0.318 e. The molecule has 0 bridgehead atoms. The zero-order valence-electron chi connectivity index (χ0n) is 3.77. The van der Waals surface area contributed by atoms with E-state index in [0.717, 1.165) is 0 Å². The second-order valence-electron chi connectivity index (χ2n) is 1.20. The van der Waals surface area contributed by atoms with Crippen LogP contribution in [0.2, 0.25) is 0 Å². The van der Waals surface area contributed by atoms with Gasteiger partial charge in [-0.25, -0.2) is 0 Å². The molecule has 2 N–H and O–H groups in total. The second kappa shape index (κ2) is 2.87. The number of alkyl halides is 3. The van der Waals surface area contributed by atoms with E-state index < -0.39 is 9.83 Å². The highest BCUT2D eigenvalue weighted by Gasteiger charge is 2.28. The molecular weight excluding hydrogens is 172 g/mol. The van der Waals surface area contributed by atoms with Gasteiger partial charge < -0.3 is 10.5 Å². The molecule has 1 unspecified atom stereocenters. The van der Waals surface area contributed by atoms with E-state index in [1.807, 2.05) is 0 Å². The van der Waals surface area contributed by atoms with E-state index in [9.17, 15) is 4.79 Å². The van der Waals surface area contributed by atoms with Gasteiger partial charge >= 0.3 is 0 Å². The third-order valence-corrected chi connectivity index (χ3v) is 1.28. The highest BCUT2D eigenvalue weighted by atomic mass is 35.6. The SMILES string of the molecule is NC(C=O)C(Cl)(Cl)Cl. The van der Waals surface area contributed by atoms with Gasteiger partial charge in [-0.3, -0.25) is 0 Å². The lowest BCUT2D eigenvalue weighted by molar-refractivity contribution is -0.108. The van der Waals surface area contributed by atoms with Gasteiger partial charge in [-0.1, -0.05) is 34.8 Å². The number of aldehydes is 1. The molecule has 0 aromatic heterocycles. The number of hydrogen-bond donors (Lipinski definition) is 1. The van der Waals surface area contributed by atoms with Crippen LogP contribution in [-0.2, 0) is 4.79 Å². The van der Waals surface area contributed by atoms with Crippen molar-refractivity contribution in [3.8, 4) is 0 Å². The summed E-state index contributed by atoms with van der Waals surface area (Å²) in [6.45, 7) is 0. The molecular formula is C3H4Cl3NO. The summed E-state index contributed by atoms with van der Waals surface area (Å²) in [5.41, 5.74) is 4.99. The molecule has 48 valence electrons. The molecule has 0 aliphatic rings. The van der Waals surface area contributed by atoms with Crippen molar-refractivity contribution in [2.45, 2.75) is 9.83 Å². The Hall–Kier alpha value is 0.500. The third-order valence-electron chi connectivity index (χ3n) is 0.525. The number of carbonyl (C=O) groups excluding carboxylic acids is 1. The van der Waals surface area contributed by atoms with E-state index in [0.29, 0.717) is 6.29 Å². The summed E-state index contributed by atoms with van der Waals surface area (Å²) in [7, 11) is 0. The van der Waals surface area contributed by atoms with Crippen LogP contribution in [0.5, 0.6) is 0 Å². The van der Waals surface area contributed by atoms with Crippen LogP contribution in [0.25, 0.3) is 0 Å². The largest absolute Gasteiger partial charge is 0.318 e. The summed E-state index contributed by atoms with van der Waals surface area (Å²) >= 11 is 15.5. The Morgan fingerprint density at radius 1 is 1.50 bits per heavy atom. The van der Waals surface area contributed by atoms with Gasteiger partial charge in [0.15, 0.2) is 0 Å². The van der Waals surface area contributed by atoms with E-state index in [2.05, 4.69) is 0 Å². The third kappa shape index (κ3) is 2.72. The summed E-state index contributed by atoms with van der Waals surface area (Å²) in [6, 6.07) is -1.03. The standard InChI is InChI=1S/C3H4Cl3NO/c4-3(5,6)2(7)1-8/h1-2H,7H2. The van der Waals surface area contributed by atoms with Crippen molar-refractivity contribution in [3.63, 3.8) is 0 Å². The fraction of sp³-hybridized carbons (Fsp3) is 0.667. The Kier molecular flexibility index (Phi) is 3.05. The van der Waals surface area contributed by atoms with E-state index in [4.69, 9.17) is 40.5 Å². The highest BCUT2D eigenvalue weighted by molar-refractivity contribution is 6.68. The normalized spacial score (nSPS) is 15.5. The monoisotopic (exact) mass is 175 g/mol. The van der Waals surface area contributed by atoms with Crippen molar-refractivity contribution in [3.05, 3.63) is 0 Å². The van der Waals surface area contributed by atoms with Crippen LogP contribution in [0.3, 0.4) is 0 Å². The van der Waals surface area contributed by atoms with Gasteiger partial charge in [-0.2, -0.15) is 0 Å². The fourth-order valence-electron chi connectivity index (χ4n) is 0.0772. The Bertz CT molecular complexity index is 89.0. The molecule has 0 aromatic carbocycles. The molecule has 0 amide bonds. The van der Waals surface area contributed by atoms with Gasteiger partial charge in [0.2, 0.25) is 3.79 Å². The quantitative estimate of drug-likeness (QED) is 0.476. The minimum atomic E-state index is -1.66. The van der Waals surface area contributed by atoms with Crippen molar-refractivity contribution >= 4 is 41.1 Å². The Labute approximate surface area is 61.9 Å². The average Bonchev–Trinajstić information content (AvgIpc) is 1.62. The maximum Gasteiger partial charge on any atom is 0.212 e. The van der Waals surface area contributed by atoms with Crippen molar-refractivity contribution in [2.24, 2.45) is 5.73 Å². The molecule has 0 fully saturated rings. The summed E-state index contributed by atoms with van der Waals surface area (Å²) in [5.74, 6) is 0. The van der Waals surface area contributed by atoms with Crippen LogP contribution >= 0.6 is 34.8 Å². The Morgan fingerprint density at radius 3 is 1.88 bits per heavy atom. The molecule has 0 saturated carbocycles. The maximum atomic E-state index is 9.77. The molecule has 0 heterocycles. The molecule has 0 radical (unpaired) electrons. The molecule has 0 aliphatic heterocycles. The van der Waals surface area contributed by atoms with E-state index in [-0.39, 0.29) is 0 Å². The molecule has 0 aliphatic carbocycles. The Morgan fingerprint density at radius 2 is 1.88 bits per heavy atom. The minimum absolute atomic E-state index is 0.382. The van der Waals surface area contributed by atoms with Gasteiger partial charge in [0, 0.05) is 0 Å². The number of hydrogen-bond acceptors (Lipinski definition) is 2. The summed E-state index contributed by atoms with van der Waals surface area (Å²) in [5, 5.41) is 0. The number of carbonyl (C=O) groups is 1. The maximum absolute atomic E-state index is 9.77. The van der Waals surface area contributed by atoms with E-state index in [1.54, 1.807) is 0 Å². The van der Waals surface area contributed by atoms with Crippen molar-refractivity contribution in [1.82, 2.24) is 0 Å². The van der Waals surface area contributed by atoms with Crippen LogP contribution in [-0.4, -0.2) is 16.1 Å². The van der Waals surface area contributed by atoms with Crippen molar-refractivity contribution in [2.75, 3.05) is 0 Å². The fourth-order valence-corrected chi connectivity index (χ4v) is 0.231. The van der Waals surface area contributed by atoms with Crippen LogP contribution in [0.1, 0.15) is 0 Å². The first-order chi connectivity index (χ1) is 3.48. The molecule has 2 nitrogen and oxygen atoms in total. The first-order valence-corrected chi connectivity index (χ1v) is 2.89.